The summed E-state index contributed by atoms with van der Waals surface area (Å²) in [5.74, 6) is 1.98. The Labute approximate surface area is 122 Å². The van der Waals surface area contributed by atoms with Gasteiger partial charge in [0.25, 0.3) is 0 Å². The molecule has 1 saturated carbocycles. The van der Waals surface area contributed by atoms with E-state index < -0.39 is 0 Å². The highest BCUT2D eigenvalue weighted by atomic mass is 16.7. The standard InChI is InChI=1S/C16H17NO4/c18-12-3-1-2-11-7-15(19)17(16(11)12)8-10-4-5-13-14(6-10)21-9-20-13/h4-6,11,16H,1-3,7-9H2/t11-,16-/m0/s1. The molecule has 1 aromatic carbocycles. The van der Waals surface area contributed by atoms with Crippen LogP contribution in [0.5, 0.6) is 11.5 Å². The molecular weight excluding hydrogens is 270 g/mol. The third-order valence-corrected chi connectivity index (χ3v) is 4.66. The van der Waals surface area contributed by atoms with E-state index in [1.807, 2.05) is 18.2 Å². The van der Waals surface area contributed by atoms with Crippen molar-refractivity contribution in [1.82, 2.24) is 4.90 Å². The molecule has 2 atom stereocenters. The van der Waals surface area contributed by atoms with Gasteiger partial charge in [0.2, 0.25) is 12.7 Å². The van der Waals surface area contributed by atoms with Gasteiger partial charge in [0.15, 0.2) is 17.3 Å². The molecule has 3 aliphatic rings. The van der Waals surface area contributed by atoms with E-state index >= 15 is 0 Å². The van der Waals surface area contributed by atoms with Gasteiger partial charge in [0, 0.05) is 19.4 Å². The fourth-order valence-electron chi connectivity index (χ4n) is 3.67. The van der Waals surface area contributed by atoms with Gasteiger partial charge in [-0.1, -0.05) is 6.07 Å². The lowest BCUT2D eigenvalue weighted by Crippen LogP contribution is -2.42. The topological polar surface area (TPSA) is 55.8 Å². The molecule has 5 heteroatoms. The number of likely N-dealkylation sites (tertiary alicyclic amines) is 1. The zero-order chi connectivity index (χ0) is 14.4. The van der Waals surface area contributed by atoms with E-state index in [0.29, 0.717) is 25.1 Å². The molecule has 2 heterocycles. The first-order valence-electron chi connectivity index (χ1n) is 7.43. The first kappa shape index (κ1) is 12.7. The SMILES string of the molecule is O=C1CCC[C@H]2CC(=O)N(Cc3ccc4c(c3)OCO4)[C@H]12. The van der Waals surface area contributed by atoms with E-state index in [2.05, 4.69) is 0 Å². The van der Waals surface area contributed by atoms with Crippen LogP contribution in [0.15, 0.2) is 18.2 Å². The van der Waals surface area contributed by atoms with Crippen LogP contribution in [-0.4, -0.2) is 29.4 Å². The summed E-state index contributed by atoms with van der Waals surface area (Å²) in [5.41, 5.74) is 0.978. The van der Waals surface area contributed by atoms with Gasteiger partial charge in [-0.15, -0.1) is 0 Å². The maximum absolute atomic E-state index is 12.2. The van der Waals surface area contributed by atoms with Gasteiger partial charge in [-0.2, -0.15) is 0 Å². The fraction of sp³-hybridized carbons (Fsp3) is 0.500. The number of benzene rings is 1. The number of hydrogen-bond donors (Lipinski definition) is 0. The van der Waals surface area contributed by atoms with Crippen LogP contribution in [0.2, 0.25) is 0 Å². The first-order valence-corrected chi connectivity index (χ1v) is 7.43. The van der Waals surface area contributed by atoms with Crippen molar-refractivity contribution in [3.8, 4) is 11.5 Å². The lowest BCUT2D eigenvalue weighted by molar-refractivity contribution is -0.135. The minimum atomic E-state index is -0.211. The van der Waals surface area contributed by atoms with Crippen LogP contribution < -0.4 is 9.47 Å². The minimum absolute atomic E-state index is 0.0953. The third-order valence-electron chi connectivity index (χ3n) is 4.66. The Morgan fingerprint density at radius 1 is 1.19 bits per heavy atom. The maximum Gasteiger partial charge on any atom is 0.231 e. The van der Waals surface area contributed by atoms with Gasteiger partial charge in [0.1, 0.15) is 0 Å². The Morgan fingerprint density at radius 3 is 2.95 bits per heavy atom. The maximum atomic E-state index is 12.2. The lowest BCUT2D eigenvalue weighted by atomic mass is 9.84. The summed E-state index contributed by atoms with van der Waals surface area (Å²) in [6, 6.07) is 5.48. The summed E-state index contributed by atoms with van der Waals surface area (Å²) in [5, 5.41) is 0. The predicted octanol–water partition coefficient (Wildman–Crippen LogP) is 1.89. The molecule has 1 amide bonds. The van der Waals surface area contributed by atoms with E-state index in [1.165, 1.54) is 0 Å². The largest absolute Gasteiger partial charge is 0.454 e. The second-order valence-electron chi connectivity index (χ2n) is 5.98. The zero-order valence-corrected chi connectivity index (χ0v) is 11.7. The number of carbonyl (C=O) groups excluding carboxylic acids is 2. The normalized spacial score (nSPS) is 27.1. The molecule has 0 aromatic heterocycles. The Kier molecular flexibility index (Phi) is 2.87. The van der Waals surface area contributed by atoms with E-state index in [4.69, 9.17) is 9.47 Å². The Morgan fingerprint density at radius 2 is 2.05 bits per heavy atom. The number of amides is 1. The lowest BCUT2D eigenvalue weighted by Gasteiger charge is -2.30. The first-order chi connectivity index (χ1) is 10.2. The molecule has 0 spiro atoms. The van der Waals surface area contributed by atoms with Crippen molar-refractivity contribution in [2.75, 3.05) is 6.79 Å². The number of hydrogen-bond acceptors (Lipinski definition) is 4. The van der Waals surface area contributed by atoms with Crippen LogP contribution in [-0.2, 0) is 16.1 Å². The molecule has 1 aromatic rings. The van der Waals surface area contributed by atoms with Crippen molar-refractivity contribution in [3.05, 3.63) is 23.8 Å². The van der Waals surface area contributed by atoms with Crippen molar-refractivity contribution in [1.29, 1.82) is 0 Å². The molecule has 2 fully saturated rings. The summed E-state index contributed by atoms with van der Waals surface area (Å²) in [6.45, 7) is 0.715. The number of rotatable bonds is 2. The van der Waals surface area contributed by atoms with Crippen LogP contribution >= 0.6 is 0 Å². The van der Waals surface area contributed by atoms with E-state index in [9.17, 15) is 9.59 Å². The van der Waals surface area contributed by atoms with Gasteiger partial charge in [-0.25, -0.2) is 0 Å². The predicted molar refractivity (Wildman–Crippen MR) is 73.9 cm³/mol. The van der Waals surface area contributed by atoms with Gasteiger partial charge >= 0.3 is 0 Å². The molecule has 0 unspecified atom stereocenters. The zero-order valence-electron chi connectivity index (χ0n) is 11.7. The number of carbonyl (C=O) groups is 2. The third kappa shape index (κ3) is 2.07. The molecule has 0 bridgehead atoms. The second kappa shape index (κ2) is 4.76. The van der Waals surface area contributed by atoms with Crippen LogP contribution in [0, 0.1) is 5.92 Å². The van der Waals surface area contributed by atoms with Crippen molar-refractivity contribution in [2.24, 2.45) is 5.92 Å². The van der Waals surface area contributed by atoms with Gasteiger partial charge in [0.05, 0.1) is 6.04 Å². The Hall–Kier alpha value is -2.04. The molecule has 0 radical (unpaired) electrons. The number of ether oxygens (including phenoxy) is 2. The Bertz CT molecular complexity index is 612. The average molecular weight is 287 g/mol. The van der Waals surface area contributed by atoms with Gasteiger partial charge in [-0.05, 0) is 36.5 Å². The van der Waals surface area contributed by atoms with Gasteiger partial charge in [-0.3, -0.25) is 9.59 Å². The van der Waals surface area contributed by atoms with Crippen LogP contribution in [0.3, 0.4) is 0 Å². The van der Waals surface area contributed by atoms with E-state index in [0.717, 1.165) is 24.2 Å². The highest BCUT2D eigenvalue weighted by molar-refractivity contribution is 5.93. The summed E-state index contributed by atoms with van der Waals surface area (Å²) in [7, 11) is 0. The number of nitrogens with zero attached hydrogens (tertiary/aromatic N) is 1. The van der Waals surface area contributed by atoms with Gasteiger partial charge < -0.3 is 14.4 Å². The molecule has 4 rings (SSSR count). The van der Waals surface area contributed by atoms with E-state index in [-0.39, 0.29) is 30.4 Å². The van der Waals surface area contributed by atoms with E-state index in [1.54, 1.807) is 4.90 Å². The summed E-state index contributed by atoms with van der Waals surface area (Å²) in [4.78, 5) is 26.2. The summed E-state index contributed by atoms with van der Waals surface area (Å²) >= 11 is 0. The molecule has 1 saturated heterocycles. The second-order valence-corrected chi connectivity index (χ2v) is 5.98. The number of ketones is 1. The quantitative estimate of drug-likeness (QED) is 0.833. The van der Waals surface area contributed by atoms with Crippen LogP contribution in [0.4, 0.5) is 0 Å². The summed E-state index contributed by atoms with van der Waals surface area (Å²) < 4.78 is 10.7. The highest BCUT2D eigenvalue weighted by Gasteiger charge is 2.45. The van der Waals surface area contributed by atoms with Crippen molar-refractivity contribution >= 4 is 11.7 Å². The Balaban J connectivity index is 1.58. The molecule has 21 heavy (non-hydrogen) atoms. The molecule has 2 aliphatic heterocycles. The number of Topliss-reactive ketones (excluding diaryl/α,β-unsaturated/α-hetero) is 1. The van der Waals surface area contributed by atoms with Crippen molar-refractivity contribution < 1.29 is 19.1 Å². The molecule has 1 aliphatic carbocycles. The summed E-state index contributed by atoms with van der Waals surface area (Å²) in [6.07, 6.45) is 3.03. The van der Waals surface area contributed by atoms with Crippen molar-refractivity contribution in [3.63, 3.8) is 0 Å². The smallest absolute Gasteiger partial charge is 0.231 e. The molecular formula is C16H17NO4. The van der Waals surface area contributed by atoms with Crippen molar-refractivity contribution in [2.45, 2.75) is 38.3 Å². The molecule has 5 nitrogen and oxygen atoms in total. The minimum Gasteiger partial charge on any atom is -0.454 e. The van der Waals surface area contributed by atoms with Crippen LogP contribution in [0.25, 0.3) is 0 Å². The average Bonchev–Trinajstić information content (AvgIpc) is 3.04. The monoisotopic (exact) mass is 287 g/mol. The highest BCUT2D eigenvalue weighted by Crippen LogP contribution is 2.37. The molecule has 0 N–H and O–H groups in total. The fourth-order valence-corrected chi connectivity index (χ4v) is 3.67. The number of fused-ring (bicyclic) bond motifs is 2. The van der Waals surface area contributed by atoms with Crippen LogP contribution in [0.1, 0.15) is 31.2 Å². The molecule has 110 valence electrons.